The number of phenolic OH excluding ortho intramolecular Hbond substituents is 1. The molecule has 6 heteroatoms. The van der Waals surface area contributed by atoms with Gasteiger partial charge in [-0.05, 0) is 30.7 Å². The van der Waals surface area contributed by atoms with Crippen LogP contribution in [0.2, 0.25) is 0 Å². The molecule has 0 heterocycles. The van der Waals surface area contributed by atoms with Crippen LogP contribution in [-0.2, 0) is 9.59 Å². The van der Waals surface area contributed by atoms with E-state index < -0.39 is 17.9 Å². The van der Waals surface area contributed by atoms with Crippen LogP contribution in [0.3, 0.4) is 0 Å². The maximum atomic E-state index is 10.9. The van der Waals surface area contributed by atoms with Crippen molar-refractivity contribution < 1.29 is 19.8 Å². The molecule has 0 radical (unpaired) electrons. The van der Waals surface area contributed by atoms with E-state index in [0.717, 1.165) is 0 Å². The van der Waals surface area contributed by atoms with Gasteiger partial charge >= 0.3 is 5.97 Å². The smallest absolute Gasteiger partial charge is 0.326 e. The molecular formula is C11H14N2O4. The van der Waals surface area contributed by atoms with E-state index in [-0.39, 0.29) is 18.6 Å². The highest BCUT2D eigenvalue weighted by Gasteiger charge is 2.17. The molecule has 0 saturated heterocycles. The Morgan fingerprint density at radius 2 is 1.88 bits per heavy atom. The quantitative estimate of drug-likeness (QED) is 0.540. The summed E-state index contributed by atoms with van der Waals surface area (Å²) in [4.78, 5) is 21.5. The lowest BCUT2D eigenvalue weighted by Crippen LogP contribution is -2.30. The van der Waals surface area contributed by atoms with Crippen molar-refractivity contribution in [3.05, 3.63) is 24.3 Å². The summed E-state index contributed by atoms with van der Waals surface area (Å²) in [5.41, 5.74) is 5.52. The number of aliphatic carboxylic acids is 1. The van der Waals surface area contributed by atoms with E-state index in [4.69, 9.17) is 15.9 Å². The number of primary amides is 1. The van der Waals surface area contributed by atoms with E-state index in [1.165, 1.54) is 12.1 Å². The molecule has 1 rings (SSSR count). The number of carboxylic acid groups (broad SMARTS) is 1. The van der Waals surface area contributed by atoms with E-state index >= 15 is 0 Å². The number of carboxylic acids is 1. The molecule has 0 saturated carbocycles. The van der Waals surface area contributed by atoms with E-state index in [9.17, 15) is 9.59 Å². The van der Waals surface area contributed by atoms with Gasteiger partial charge in [0.25, 0.3) is 0 Å². The molecule has 0 aromatic heterocycles. The van der Waals surface area contributed by atoms with Crippen LogP contribution >= 0.6 is 0 Å². The molecule has 0 aliphatic rings. The van der Waals surface area contributed by atoms with Crippen molar-refractivity contribution in [1.82, 2.24) is 0 Å². The number of nitrogens with one attached hydrogen (secondary N) is 1. The van der Waals surface area contributed by atoms with Gasteiger partial charge in [-0.25, -0.2) is 4.79 Å². The van der Waals surface area contributed by atoms with Crippen LogP contribution in [-0.4, -0.2) is 28.1 Å². The second-order valence-corrected chi connectivity index (χ2v) is 3.59. The second kappa shape index (κ2) is 5.74. The monoisotopic (exact) mass is 238 g/mol. The highest BCUT2D eigenvalue weighted by atomic mass is 16.4. The molecule has 5 N–H and O–H groups in total. The summed E-state index contributed by atoms with van der Waals surface area (Å²) in [6.07, 6.45) is 0.119. The normalized spacial score (nSPS) is 11.8. The number of anilines is 1. The summed E-state index contributed by atoms with van der Waals surface area (Å²) in [7, 11) is 0. The number of carbonyl (C=O) groups excluding carboxylic acids is 1. The second-order valence-electron chi connectivity index (χ2n) is 3.59. The largest absolute Gasteiger partial charge is 0.508 e. The van der Waals surface area contributed by atoms with Crippen LogP contribution in [0.25, 0.3) is 0 Å². The summed E-state index contributed by atoms with van der Waals surface area (Å²) in [6, 6.07) is 5.10. The molecule has 1 aromatic carbocycles. The standard InChI is InChI=1S/C11H14N2O4/c12-10(15)6-5-9(11(16)17)13-7-1-3-8(14)4-2-7/h1-4,9,13-14H,5-6H2,(H2,12,15)(H,16,17). The Balaban J connectivity index is 2.63. The van der Waals surface area contributed by atoms with Gasteiger partial charge in [-0.15, -0.1) is 0 Å². The maximum Gasteiger partial charge on any atom is 0.326 e. The summed E-state index contributed by atoms with van der Waals surface area (Å²) < 4.78 is 0. The summed E-state index contributed by atoms with van der Waals surface area (Å²) in [5.74, 6) is -1.50. The molecule has 0 bridgehead atoms. The Morgan fingerprint density at radius 1 is 1.29 bits per heavy atom. The first kappa shape index (κ1) is 12.8. The van der Waals surface area contributed by atoms with Crippen LogP contribution in [0, 0.1) is 0 Å². The highest BCUT2D eigenvalue weighted by Crippen LogP contribution is 2.15. The van der Waals surface area contributed by atoms with Gasteiger partial charge in [0.05, 0.1) is 0 Å². The molecule has 1 atom stereocenters. The fraction of sp³-hybridized carbons (Fsp3) is 0.273. The number of benzene rings is 1. The zero-order chi connectivity index (χ0) is 12.8. The van der Waals surface area contributed by atoms with Crippen molar-refractivity contribution in [2.24, 2.45) is 5.73 Å². The Kier molecular flexibility index (Phi) is 4.33. The van der Waals surface area contributed by atoms with Gasteiger partial charge in [0.15, 0.2) is 0 Å². The minimum absolute atomic E-state index is 0.00203. The van der Waals surface area contributed by atoms with Gasteiger partial charge in [-0.3, -0.25) is 4.79 Å². The van der Waals surface area contributed by atoms with Crippen LogP contribution in [0.5, 0.6) is 5.75 Å². The van der Waals surface area contributed by atoms with Crippen molar-refractivity contribution >= 4 is 17.6 Å². The lowest BCUT2D eigenvalue weighted by atomic mass is 10.1. The van der Waals surface area contributed by atoms with E-state index in [1.807, 2.05) is 0 Å². The third-order valence-corrected chi connectivity index (χ3v) is 2.19. The van der Waals surface area contributed by atoms with Crippen molar-refractivity contribution in [2.75, 3.05) is 5.32 Å². The maximum absolute atomic E-state index is 10.9. The Morgan fingerprint density at radius 3 is 2.35 bits per heavy atom. The van der Waals surface area contributed by atoms with Gasteiger partial charge in [0, 0.05) is 12.1 Å². The molecule has 1 unspecified atom stereocenters. The van der Waals surface area contributed by atoms with Crippen molar-refractivity contribution in [3.63, 3.8) is 0 Å². The number of amides is 1. The zero-order valence-corrected chi connectivity index (χ0v) is 9.09. The van der Waals surface area contributed by atoms with Gasteiger partial charge in [0.2, 0.25) is 5.91 Å². The molecular weight excluding hydrogens is 224 g/mol. The molecule has 0 spiro atoms. The number of rotatable bonds is 6. The average Bonchev–Trinajstić information content (AvgIpc) is 2.26. The Bertz CT molecular complexity index is 402. The first-order valence-corrected chi connectivity index (χ1v) is 5.05. The lowest BCUT2D eigenvalue weighted by molar-refractivity contribution is -0.138. The first-order valence-electron chi connectivity index (χ1n) is 5.05. The predicted octanol–water partition coefficient (Wildman–Crippen LogP) is 0.523. The van der Waals surface area contributed by atoms with E-state index in [0.29, 0.717) is 5.69 Å². The van der Waals surface area contributed by atoms with Crippen molar-refractivity contribution in [2.45, 2.75) is 18.9 Å². The summed E-state index contributed by atoms with van der Waals surface area (Å²) >= 11 is 0. The molecule has 6 nitrogen and oxygen atoms in total. The molecule has 17 heavy (non-hydrogen) atoms. The average molecular weight is 238 g/mol. The van der Waals surface area contributed by atoms with Gasteiger partial charge < -0.3 is 21.3 Å². The minimum Gasteiger partial charge on any atom is -0.508 e. The van der Waals surface area contributed by atoms with Crippen LogP contribution in [0.15, 0.2) is 24.3 Å². The third-order valence-electron chi connectivity index (χ3n) is 2.19. The third kappa shape index (κ3) is 4.42. The topological polar surface area (TPSA) is 113 Å². The molecule has 1 aromatic rings. The molecule has 0 aliphatic carbocycles. The van der Waals surface area contributed by atoms with Crippen LogP contribution in [0.4, 0.5) is 5.69 Å². The minimum atomic E-state index is -1.06. The van der Waals surface area contributed by atoms with Gasteiger partial charge in [-0.2, -0.15) is 0 Å². The van der Waals surface area contributed by atoms with Gasteiger partial charge in [-0.1, -0.05) is 0 Å². The number of nitrogens with two attached hydrogens (primary N) is 1. The number of aromatic hydroxyl groups is 1. The first-order chi connectivity index (χ1) is 7.99. The fourth-order valence-corrected chi connectivity index (χ4v) is 1.30. The highest BCUT2D eigenvalue weighted by molar-refractivity contribution is 5.79. The molecule has 0 aliphatic heterocycles. The SMILES string of the molecule is NC(=O)CCC(Nc1ccc(O)cc1)C(=O)O. The van der Waals surface area contributed by atoms with Crippen LogP contribution in [0.1, 0.15) is 12.8 Å². The van der Waals surface area contributed by atoms with Crippen molar-refractivity contribution in [1.29, 1.82) is 0 Å². The van der Waals surface area contributed by atoms with E-state index in [1.54, 1.807) is 12.1 Å². The van der Waals surface area contributed by atoms with E-state index in [2.05, 4.69) is 5.32 Å². The molecule has 1 amide bonds. The van der Waals surface area contributed by atoms with Gasteiger partial charge in [0.1, 0.15) is 11.8 Å². The zero-order valence-electron chi connectivity index (χ0n) is 9.09. The number of phenols is 1. The van der Waals surface area contributed by atoms with Crippen molar-refractivity contribution in [3.8, 4) is 5.75 Å². The Hall–Kier alpha value is -2.24. The molecule has 0 fully saturated rings. The summed E-state index contributed by atoms with van der Waals surface area (Å²) in [5, 5.41) is 20.8. The fourth-order valence-electron chi connectivity index (χ4n) is 1.30. The number of carbonyl (C=O) groups is 2. The lowest BCUT2D eigenvalue weighted by Gasteiger charge is -2.14. The number of hydrogen-bond acceptors (Lipinski definition) is 4. The summed E-state index contributed by atoms with van der Waals surface area (Å²) in [6.45, 7) is 0. The number of hydrogen-bond donors (Lipinski definition) is 4. The Labute approximate surface area is 98.1 Å². The predicted molar refractivity (Wildman–Crippen MR) is 61.6 cm³/mol. The molecule has 92 valence electrons. The van der Waals surface area contributed by atoms with Crippen LogP contribution < -0.4 is 11.1 Å².